The third-order valence-electron chi connectivity index (χ3n) is 3.87. The predicted molar refractivity (Wildman–Crippen MR) is 96.6 cm³/mol. The van der Waals surface area contributed by atoms with Crippen molar-refractivity contribution in [2.45, 2.75) is 6.92 Å². The monoisotopic (exact) mass is 383 g/mol. The Kier molecular flexibility index (Phi) is 5.12. The summed E-state index contributed by atoms with van der Waals surface area (Å²) in [4.78, 5) is 34.1. The number of para-hydroxylation sites is 2. The summed E-state index contributed by atoms with van der Waals surface area (Å²) in [7, 11) is 0. The van der Waals surface area contributed by atoms with Gasteiger partial charge in [0.1, 0.15) is 11.3 Å². The Balaban J connectivity index is 2.30. The molecule has 1 aromatic heterocycles. The van der Waals surface area contributed by atoms with Crippen LogP contribution in [0, 0.1) is 20.2 Å². The van der Waals surface area contributed by atoms with Crippen molar-refractivity contribution in [2.24, 2.45) is 0 Å². The van der Waals surface area contributed by atoms with Crippen LogP contribution in [0.2, 0.25) is 0 Å². The first-order valence-corrected chi connectivity index (χ1v) is 8.10. The van der Waals surface area contributed by atoms with Crippen molar-refractivity contribution >= 4 is 17.3 Å². The summed E-state index contributed by atoms with van der Waals surface area (Å²) in [6.07, 6.45) is 0. The lowest BCUT2D eigenvalue weighted by Gasteiger charge is -2.05. The Hall–Kier alpha value is -4.08. The molecule has 0 amide bonds. The molecule has 0 aliphatic rings. The molecule has 0 bridgehead atoms. The van der Waals surface area contributed by atoms with Crippen molar-refractivity contribution < 1.29 is 23.9 Å². The molecule has 10 heteroatoms. The van der Waals surface area contributed by atoms with Crippen molar-refractivity contribution in [2.75, 3.05) is 6.61 Å². The topological polar surface area (TPSA) is 139 Å². The van der Waals surface area contributed by atoms with Crippen LogP contribution in [0.5, 0.6) is 0 Å². The molecule has 0 aliphatic carbocycles. The van der Waals surface area contributed by atoms with Crippen LogP contribution in [0.4, 0.5) is 11.4 Å². The Morgan fingerprint density at radius 1 is 1.00 bits per heavy atom. The summed E-state index contributed by atoms with van der Waals surface area (Å²) in [5.74, 6) is -1.05. The van der Waals surface area contributed by atoms with Crippen molar-refractivity contribution in [3.63, 3.8) is 0 Å². The van der Waals surface area contributed by atoms with E-state index in [1.165, 1.54) is 48.5 Å². The highest BCUT2D eigenvalue weighted by Crippen LogP contribution is 2.39. The summed E-state index contributed by atoms with van der Waals surface area (Å²) < 4.78 is 10.3. The molecular formula is C18H13N3O7. The van der Waals surface area contributed by atoms with Crippen LogP contribution in [0.25, 0.3) is 22.6 Å². The number of carbonyl (C=O) groups excluding carboxylic acids is 1. The number of hydrogen-bond acceptors (Lipinski definition) is 8. The Bertz CT molecular complexity index is 1000. The number of nitro groups is 2. The summed E-state index contributed by atoms with van der Waals surface area (Å²) in [6, 6.07) is 11.3. The largest absolute Gasteiger partial charge is 0.462 e. The minimum absolute atomic E-state index is 0.00730. The van der Waals surface area contributed by atoms with Gasteiger partial charge in [0.05, 0.1) is 27.6 Å². The molecule has 2 aromatic carbocycles. The van der Waals surface area contributed by atoms with Gasteiger partial charge in [-0.2, -0.15) is 0 Å². The van der Waals surface area contributed by atoms with Gasteiger partial charge in [0, 0.05) is 12.1 Å². The van der Waals surface area contributed by atoms with Crippen LogP contribution in [-0.4, -0.2) is 27.6 Å². The highest BCUT2D eigenvalue weighted by molar-refractivity contribution is 6.03. The van der Waals surface area contributed by atoms with Crippen LogP contribution >= 0.6 is 0 Å². The van der Waals surface area contributed by atoms with Gasteiger partial charge < -0.3 is 9.26 Å². The van der Waals surface area contributed by atoms with Crippen molar-refractivity contribution in [1.29, 1.82) is 0 Å². The van der Waals surface area contributed by atoms with E-state index in [-0.39, 0.29) is 46.1 Å². The maximum Gasteiger partial charge on any atom is 0.344 e. The highest BCUT2D eigenvalue weighted by atomic mass is 16.6. The van der Waals surface area contributed by atoms with Crippen LogP contribution in [0.15, 0.2) is 53.1 Å². The maximum absolute atomic E-state index is 12.6. The van der Waals surface area contributed by atoms with E-state index < -0.39 is 15.8 Å². The zero-order valence-electron chi connectivity index (χ0n) is 14.5. The number of nitrogens with zero attached hydrogens (tertiary/aromatic N) is 3. The molecule has 0 unspecified atom stereocenters. The van der Waals surface area contributed by atoms with Crippen LogP contribution in [0.1, 0.15) is 17.3 Å². The number of rotatable bonds is 6. The number of esters is 1. The van der Waals surface area contributed by atoms with E-state index >= 15 is 0 Å². The lowest BCUT2D eigenvalue weighted by atomic mass is 10.0. The molecule has 0 atom stereocenters. The summed E-state index contributed by atoms with van der Waals surface area (Å²) >= 11 is 0. The molecule has 28 heavy (non-hydrogen) atoms. The van der Waals surface area contributed by atoms with Crippen molar-refractivity contribution in [3.05, 3.63) is 74.3 Å². The minimum atomic E-state index is -0.856. The van der Waals surface area contributed by atoms with Crippen LogP contribution in [-0.2, 0) is 4.74 Å². The molecule has 3 aromatic rings. The predicted octanol–water partition coefficient (Wildman–Crippen LogP) is 4.00. The minimum Gasteiger partial charge on any atom is -0.462 e. The van der Waals surface area contributed by atoms with Crippen molar-refractivity contribution in [1.82, 2.24) is 5.16 Å². The number of nitro benzene ring substituents is 2. The van der Waals surface area contributed by atoms with E-state index in [1.54, 1.807) is 6.92 Å². The second-order valence-corrected chi connectivity index (χ2v) is 5.50. The van der Waals surface area contributed by atoms with Gasteiger partial charge in [0.2, 0.25) is 0 Å². The lowest BCUT2D eigenvalue weighted by molar-refractivity contribution is -0.384. The molecule has 0 radical (unpaired) electrons. The fourth-order valence-corrected chi connectivity index (χ4v) is 2.71. The fraction of sp³-hybridized carbons (Fsp3) is 0.111. The summed E-state index contributed by atoms with van der Waals surface area (Å²) in [6.45, 7) is 1.61. The van der Waals surface area contributed by atoms with Gasteiger partial charge in [0.25, 0.3) is 11.4 Å². The SMILES string of the molecule is CCOC(=O)c1c(-c2ccccc2[N+](=O)[O-])noc1-c1ccccc1[N+](=O)[O-]. The van der Waals surface area contributed by atoms with E-state index in [1.807, 2.05) is 0 Å². The van der Waals surface area contributed by atoms with Gasteiger partial charge in [0.15, 0.2) is 5.76 Å². The van der Waals surface area contributed by atoms with Gasteiger partial charge in [-0.1, -0.05) is 29.4 Å². The molecule has 0 aliphatic heterocycles. The smallest absolute Gasteiger partial charge is 0.344 e. The summed E-state index contributed by atoms with van der Waals surface area (Å²) in [5.41, 5.74) is -0.907. The quantitative estimate of drug-likeness (QED) is 0.353. The fourth-order valence-electron chi connectivity index (χ4n) is 2.71. The second-order valence-electron chi connectivity index (χ2n) is 5.50. The Morgan fingerprint density at radius 3 is 2.11 bits per heavy atom. The second kappa shape index (κ2) is 7.66. The zero-order valence-corrected chi connectivity index (χ0v) is 14.5. The Morgan fingerprint density at radius 2 is 1.54 bits per heavy atom. The number of carbonyl (C=O) groups is 1. The molecule has 1 heterocycles. The first-order valence-electron chi connectivity index (χ1n) is 8.10. The highest BCUT2D eigenvalue weighted by Gasteiger charge is 2.32. The van der Waals surface area contributed by atoms with Gasteiger partial charge in [-0.05, 0) is 19.1 Å². The number of aromatic nitrogens is 1. The van der Waals surface area contributed by atoms with E-state index in [9.17, 15) is 25.0 Å². The lowest BCUT2D eigenvalue weighted by Crippen LogP contribution is -2.07. The van der Waals surface area contributed by atoms with Gasteiger partial charge in [-0.15, -0.1) is 0 Å². The van der Waals surface area contributed by atoms with Gasteiger partial charge in [-0.25, -0.2) is 4.79 Å². The third kappa shape index (κ3) is 3.30. The average molecular weight is 383 g/mol. The van der Waals surface area contributed by atoms with Crippen LogP contribution < -0.4 is 0 Å². The standard InChI is InChI=1S/C18H13N3O7/c1-2-27-18(22)15-16(11-7-3-5-9-13(11)20(23)24)19-28-17(15)12-8-4-6-10-14(12)21(25)26/h3-10H,2H2,1H3. The van der Waals surface area contributed by atoms with Gasteiger partial charge >= 0.3 is 5.97 Å². The zero-order chi connectivity index (χ0) is 20.3. The average Bonchev–Trinajstić information content (AvgIpc) is 3.13. The molecule has 0 saturated carbocycles. The van der Waals surface area contributed by atoms with Gasteiger partial charge in [-0.3, -0.25) is 20.2 Å². The molecular weight excluding hydrogens is 370 g/mol. The number of ether oxygens (including phenoxy) is 1. The van der Waals surface area contributed by atoms with Crippen LogP contribution in [0.3, 0.4) is 0 Å². The maximum atomic E-state index is 12.6. The third-order valence-corrected chi connectivity index (χ3v) is 3.87. The first-order chi connectivity index (χ1) is 13.5. The van der Waals surface area contributed by atoms with E-state index in [4.69, 9.17) is 9.26 Å². The van der Waals surface area contributed by atoms with E-state index in [0.717, 1.165) is 0 Å². The molecule has 142 valence electrons. The molecule has 10 nitrogen and oxygen atoms in total. The first kappa shape index (κ1) is 18.7. The molecule has 0 saturated heterocycles. The molecule has 0 fully saturated rings. The molecule has 3 rings (SSSR count). The van der Waals surface area contributed by atoms with Crippen molar-refractivity contribution in [3.8, 4) is 22.6 Å². The van der Waals surface area contributed by atoms with E-state index in [0.29, 0.717) is 0 Å². The number of hydrogen-bond donors (Lipinski definition) is 0. The number of benzene rings is 2. The normalized spacial score (nSPS) is 10.5. The Labute approximate surface area is 157 Å². The summed E-state index contributed by atoms with van der Waals surface area (Å²) in [5, 5.41) is 26.5. The molecule has 0 spiro atoms. The van der Waals surface area contributed by atoms with E-state index in [2.05, 4.69) is 5.16 Å². The molecule has 0 N–H and O–H groups in total.